The summed E-state index contributed by atoms with van der Waals surface area (Å²) in [5.41, 5.74) is 1.61. The van der Waals surface area contributed by atoms with Crippen LogP contribution in [0.25, 0.3) is 22.9 Å². The highest BCUT2D eigenvalue weighted by Gasteiger charge is 2.33. The Morgan fingerprint density at radius 3 is 2.84 bits per heavy atom. The minimum atomic E-state index is -0.783. The lowest BCUT2D eigenvalue weighted by Gasteiger charge is -2.23. The Kier molecular flexibility index (Phi) is 5.04. The third kappa shape index (κ3) is 3.38. The molecule has 0 spiro atoms. The summed E-state index contributed by atoms with van der Waals surface area (Å²) in [6, 6.07) is 5.10. The third-order valence-electron chi connectivity index (χ3n) is 5.34. The normalized spacial score (nSPS) is 15.9. The van der Waals surface area contributed by atoms with Crippen molar-refractivity contribution in [1.29, 1.82) is 0 Å². The number of imidazole rings is 1. The van der Waals surface area contributed by atoms with Gasteiger partial charge in [-0.05, 0) is 32.0 Å². The first kappa shape index (κ1) is 20.4. The number of benzene rings is 1. The molecule has 0 N–H and O–H groups in total. The number of aromatic nitrogens is 5. The maximum atomic E-state index is 13.0. The number of carbonyl (C=O) groups excluding carboxylic acids is 3. The van der Waals surface area contributed by atoms with Gasteiger partial charge in [-0.2, -0.15) is 5.10 Å². The molecule has 2 aliphatic rings. The molecule has 11 heteroatoms. The number of hydrogen-bond acceptors (Lipinski definition) is 8. The predicted octanol–water partition coefficient (Wildman–Crippen LogP) is 2.02. The van der Waals surface area contributed by atoms with Crippen LogP contribution in [0, 0.1) is 0 Å². The van der Waals surface area contributed by atoms with Crippen LogP contribution in [0.15, 0.2) is 30.7 Å². The maximum absolute atomic E-state index is 13.0. The monoisotopic (exact) mass is 452 g/mol. The van der Waals surface area contributed by atoms with Gasteiger partial charge in [0.1, 0.15) is 30.2 Å². The molecule has 0 saturated carbocycles. The first-order valence-corrected chi connectivity index (χ1v) is 11.2. The van der Waals surface area contributed by atoms with Crippen molar-refractivity contribution in [2.24, 2.45) is 0 Å². The Balaban J connectivity index is 1.55. The molecule has 5 rings (SSSR count). The predicted molar refractivity (Wildman–Crippen MR) is 116 cm³/mol. The highest BCUT2D eigenvalue weighted by atomic mass is 32.2. The first-order valence-electron chi connectivity index (χ1n) is 10.2. The van der Waals surface area contributed by atoms with Gasteiger partial charge in [0.05, 0.1) is 12.1 Å². The minimum Gasteiger partial charge on any atom is -0.491 e. The summed E-state index contributed by atoms with van der Waals surface area (Å²) in [7, 11) is 0. The second kappa shape index (κ2) is 7.90. The number of nitrogens with zero attached hydrogens (tertiary/aromatic N) is 6. The molecule has 0 radical (unpaired) electrons. The van der Waals surface area contributed by atoms with Crippen molar-refractivity contribution >= 4 is 28.7 Å². The van der Waals surface area contributed by atoms with Crippen LogP contribution in [0.2, 0.25) is 0 Å². The fourth-order valence-corrected chi connectivity index (χ4v) is 4.48. The highest BCUT2D eigenvalue weighted by Crippen LogP contribution is 2.35. The number of ether oxygens (including phenoxy) is 1. The van der Waals surface area contributed by atoms with Crippen LogP contribution in [0.1, 0.15) is 30.2 Å². The number of carbonyl (C=O) groups is 3. The van der Waals surface area contributed by atoms with Crippen LogP contribution in [-0.2, 0) is 16.1 Å². The van der Waals surface area contributed by atoms with Gasteiger partial charge in [-0.25, -0.2) is 14.6 Å². The van der Waals surface area contributed by atoms with E-state index in [-0.39, 0.29) is 12.6 Å². The van der Waals surface area contributed by atoms with Crippen molar-refractivity contribution in [3.63, 3.8) is 0 Å². The number of amides is 2. The summed E-state index contributed by atoms with van der Waals surface area (Å²) in [6.45, 7) is 5.25. The van der Waals surface area contributed by atoms with Crippen molar-refractivity contribution in [1.82, 2.24) is 29.2 Å². The lowest BCUT2D eigenvalue weighted by atomic mass is 10.1. The fraction of sp³-hybridized carbons (Fsp3) is 0.333. The molecule has 0 unspecified atom stereocenters. The molecule has 3 aromatic rings. The van der Waals surface area contributed by atoms with Gasteiger partial charge >= 0.3 is 5.91 Å². The standard InChI is InChI=1S/C21H20N6O4S/c1-12(2)27-18(22-11-23-27)15-10-25-5-7-31-16-4-3-13(9-14(16)17(25)24-15)19(28)26-6-8-32-21(30)20(26)29/h3-4,9-12H,5-8H2,1-2H3. The smallest absolute Gasteiger partial charge is 0.308 e. The molecule has 10 nitrogen and oxygen atoms in total. The zero-order valence-electron chi connectivity index (χ0n) is 17.5. The fourth-order valence-electron chi connectivity index (χ4n) is 3.79. The molecule has 2 aromatic heterocycles. The van der Waals surface area contributed by atoms with Gasteiger partial charge in [0, 0.05) is 30.1 Å². The molecule has 0 aliphatic carbocycles. The summed E-state index contributed by atoms with van der Waals surface area (Å²) in [5.74, 6) is 0.999. The van der Waals surface area contributed by atoms with Crippen molar-refractivity contribution in [2.45, 2.75) is 26.4 Å². The Morgan fingerprint density at radius 2 is 2.03 bits per heavy atom. The molecule has 164 valence electrons. The van der Waals surface area contributed by atoms with Gasteiger partial charge in [-0.3, -0.25) is 19.3 Å². The average Bonchev–Trinajstić information content (AvgIpc) is 3.39. The van der Waals surface area contributed by atoms with E-state index in [4.69, 9.17) is 9.72 Å². The second-order valence-electron chi connectivity index (χ2n) is 7.72. The average molecular weight is 452 g/mol. The third-order valence-corrected chi connectivity index (χ3v) is 6.16. The zero-order valence-corrected chi connectivity index (χ0v) is 18.3. The van der Waals surface area contributed by atoms with Crippen LogP contribution in [0.5, 0.6) is 5.75 Å². The summed E-state index contributed by atoms with van der Waals surface area (Å²) in [6.07, 6.45) is 3.40. The molecular formula is C21H20N6O4S. The van der Waals surface area contributed by atoms with Gasteiger partial charge in [-0.1, -0.05) is 11.8 Å². The molecule has 2 aliphatic heterocycles. The summed E-state index contributed by atoms with van der Waals surface area (Å²) >= 11 is 0.935. The van der Waals surface area contributed by atoms with Crippen molar-refractivity contribution in [3.05, 3.63) is 36.3 Å². The van der Waals surface area contributed by atoms with E-state index in [1.165, 1.54) is 6.33 Å². The molecule has 1 saturated heterocycles. The van der Waals surface area contributed by atoms with E-state index < -0.39 is 16.9 Å². The SMILES string of the molecule is CC(C)n1ncnc1-c1cn2c(n1)-c1cc(C(=O)N3CCSC(=O)C3=O)ccc1OCC2. The Morgan fingerprint density at radius 1 is 1.19 bits per heavy atom. The van der Waals surface area contributed by atoms with Crippen LogP contribution >= 0.6 is 11.8 Å². The zero-order chi connectivity index (χ0) is 22.4. The molecule has 0 bridgehead atoms. The van der Waals surface area contributed by atoms with Crippen molar-refractivity contribution < 1.29 is 19.1 Å². The Labute approximate surface area is 187 Å². The number of hydrogen-bond donors (Lipinski definition) is 0. The summed E-state index contributed by atoms with van der Waals surface area (Å²) in [5, 5.41) is 3.67. The van der Waals surface area contributed by atoms with E-state index in [1.807, 2.05) is 24.6 Å². The number of rotatable bonds is 3. The van der Waals surface area contributed by atoms with E-state index in [9.17, 15) is 14.4 Å². The van der Waals surface area contributed by atoms with Crippen molar-refractivity contribution in [3.8, 4) is 28.7 Å². The van der Waals surface area contributed by atoms with E-state index in [1.54, 1.807) is 22.9 Å². The molecular weight excluding hydrogens is 432 g/mol. The molecule has 2 amide bonds. The highest BCUT2D eigenvalue weighted by molar-refractivity contribution is 8.15. The lowest BCUT2D eigenvalue weighted by molar-refractivity contribution is -0.138. The molecule has 4 heterocycles. The van der Waals surface area contributed by atoms with E-state index in [2.05, 4.69) is 10.1 Å². The van der Waals surface area contributed by atoms with Gasteiger partial charge in [-0.15, -0.1) is 0 Å². The van der Waals surface area contributed by atoms with Crippen LogP contribution in [0.4, 0.5) is 0 Å². The van der Waals surface area contributed by atoms with Crippen molar-refractivity contribution in [2.75, 3.05) is 18.9 Å². The molecule has 0 atom stereocenters. The van der Waals surface area contributed by atoms with Gasteiger partial charge in [0.15, 0.2) is 5.82 Å². The molecule has 1 fully saturated rings. The largest absolute Gasteiger partial charge is 0.491 e. The summed E-state index contributed by atoms with van der Waals surface area (Å²) < 4.78 is 9.62. The molecule has 1 aromatic carbocycles. The lowest BCUT2D eigenvalue weighted by Crippen LogP contribution is -2.45. The number of imide groups is 1. The number of fused-ring (bicyclic) bond motifs is 3. The Bertz CT molecular complexity index is 1250. The maximum Gasteiger partial charge on any atom is 0.308 e. The number of thioether (sulfide) groups is 1. The molecule has 32 heavy (non-hydrogen) atoms. The Hall–Kier alpha value is -3.47. The van der Waals surface area contributed by atoms with E-state index in [0.717, 1.165) is 16.7 Å². The minimum absolute atomic E-state index is 0.122. The first-order chi connectivity index (χ1) is 15.4. The quantitative estimate of drug-likeness (QED) is 0.438. The van der Waals surface area contributed by atoms with E-state index >= 15 is 0 Å². The van der Waals surface area contributed by atoms with E-state index in [0.29, 0.717) is 53.1 Å². The van der Waals surface area contributed by atoms with Gasteiger partial charge in [0.25, 0.3) is 11.0 Å². The van der Waals surface area contributed by atoms with Gasteiger partial charge < -0.3 is 9.30 Å². The van der Waals surface area contributed by atoms with Crippen LogP contribution in [0.3, 0.4) is 0 Å². The topological polar surface area (TPSA) is 112 Å². The van der Waals surface area contributed by atoms with Crippen LogP contribution < -0.4 is 4.74 Å². The second-order valence-corrected chi connectivity index (χ2v) is 8.79. The van der Waals surface area contributed by atoms with Gasteiger partial charge in [0.2, 0.25) is 0 Å². The summed E-state index contributed by atoms with van der Waals surface area (Å²) in [4.78, 5) is 47.1. The van der Waals surface area contributed by atoms with Crippen LogP contribution in [-0.4, -0.2) is 65.0 Å².